The fraction of sp³-hybridized carbons (Fsp3) is 0.100. The second kappa shape index (κ2) is 8.18. The number of carbonyl (C=O) groups is 2. The highest BCUT2D eigenvalue weighted by Crippen LogP contribution is 2.14. The third-order valence-corrected chi connectivity index (χ3v) is 4.49. The van der Waals surface area contributed by atoms with Crippen molar-refractivity contribution in [2.24, 2.45) is 0 Å². The smallest absolute Gasteiger partial charge is 0.288 e. The lowest BCUT2D eigenvalue weighted by Gasteiger charge is -2.20. The number of rotatable bonds is 6. The summed E-state index contributed by atoms with van der Waals surface area (Å²) in [5.41, 5.74) is 2.30. The van der Waals surface area contributed by atoms with Crippen molar-refractivity contribution in [3.63, 3.8) is 0 Å². The predicted octanol–water partition coefficient (Wildman–Crippen LogP) is 4.24. The molecule has 5 nitrogen and oxygen atoms in total. The van der Waals surface area contributed by atoms with Gasteiger partial charge in [0.25, 0.3) is 5.91 Å². The zero-order chi connectivity index (χ0) is 18.5. The summed E-state index contributed by atoms with van der Waals surface area (Å²) >= 11 is 2.21. The summed E-state index contributed by atoms with van der Waals surface area (Å²) in [6.45, 7) is 1.95. The largest absolute Gasteiger partial charge is 0.459 e. The van der Waals surface area contributed by atoms with E-state index in [1.54, 1.807) is 24.3 Å². The van der Waals surface area contributed by atoms with Crippen molar-refractivity contribution in [1.82, 2.24) is 5.32 Å². The minimum atomic E-state index is -0.921. The summed E-state index contributed by atoms with van der Waals surface area (Å²) < 4.78 is 6.19. The number of hydrogen-bond acceptors (Lipinski definition) is 4. The Morgan fingerprint density at radius 2 is 1.69 bits per heavy atom. The van der Waals surface area contributed by atoms with Crippen molar-refractivity contribution in [3.05, 3.63) is 87.4 Å². The number of Topliss-reactive ketones (excluding diaryl/α,β-unsaturated/α-hetero) is 1. The zero-order valence-electron chi connectivity index (χ0n) is 14.0. The number of anilines is 1. The van der Waals surface area contributed by atoms with Gasteiger partial charge in [-0.05, 0) is 65.9 Å². The Bertz CT molecular complexity index is 888. The summed E-state index contributed by atoms with van der Waals surface area (Å²) in [4.78, 5) is 25.3. The molecule has 132 valence electrons. The molecule has 0 fully saturated rings. The Balaban J connectivity index is 1.84. The Morgan fingerprint density at radius 3 is 2.31 bits per heavy atom. The number of carbonyl (C=O) groups excluding carboxylic acids is 2. The van der Waals surface area contributed by atoms with Crippen LogP contribution in [0.15, 0.2) is 71.3 Å². The highest BCUT2D eigenvalue weighted by atomic mass is 127. The van der Waals surface area contributed by atoms with Gasteiger partial charge in [-0.2, -0.15) is 0 Å². The van der Waals surface area contributed by atoms with Crippen LogP contribution in [-0.4, -0.2) is 17.9 Å². The van der Waals surface area contributed by atoms with Crippen LogP contribution in [0.1, 0.15) is 26.5 Å². The molecule has 2 N–H and O–H groups in total. The van der Waals surface area contributed by atoms with Gasteiger partial charge < -0.3 is 15.1 Å². The molecule has 0 saturated carbocycles. The second-order valence-corrected chi connectivity index (χ2v) is 7.01. The van der Waals surface area contributed by atoms with Crippen LogP contribution in [0, 0.1) is 10.5 Å². The van der Waals surface area contributed by atoms with E-state index in [0.717, 1.165) is 14.8 Å². The fourth-order valence-corrected chi connectivity index (χ4v) is 2.73. The molecule has 0 spiro atoms. The minimum absolute atomic E-state index is 0.149. The lowest BCUT2D eigenvalue weighted by atomic mass is 10.1. The molecule has 6 heteroatoms. The minimum Gasteiger partial charge on any atom is -0.459 e. The highest BCUT2D eigenvalue weighted by molar-refractivity contribution is 14.1. The molecule has 0 aliphatic rings. The first-order valence-corrected chi connectivity index (χ1v) is 9.08. The Hall–Kier alpha value is -2.61. The third kappa shape index (κ3) is 4.51. The number of nitrogens with one attached hydrogen (secondary N) is 2. The topological polar surface area (TPSA) is 71.3 Å². The van der Waals surface area contributed by atoms with Crippen molar-refractivity contribution in [1.29, 1.82) is 0 Å². The first-order chi connectivity index (χ1) is 12.5. The van der Waals surface area contributed by atoms with Crippen LogP contribution in [0.2, 0.25) is 0 Å². The van der Waals surface area contributed by atoms with Gasteiger partial charge in [-0.25, -0.2) is 0 Å². The molecule has 3 aromatic rings. The lowest BCUT2D eigenvalue weighted by Crippen LogP contribution is -2.46. The van der Waals surface area contributed by atoms with Crippen LogP contribution in [0.3, 0.4) is 0 Å². The summed E-state index contributed by atoms with van der Waals surface area (Å²) in [6, 6.07) is 18.0. The SMILES string of the molecule is Cc1ccc(C(=O)C(NC(=O)c2ccco2)Nc2ccc(I)cc2)cc1. The van der Waals surface area contributed by atoms with Crippen LogP contribution in [0.5, 0.6) is 0 Å². The average Bonchev–Trinajstić information content (AvgIpc) is 3.18. The maximum atomic E-state index is 12.9. The maximum absolute atomic E-state index is 12.9. The molecule has 1 amide bonds. The molecular weight excluding hydrogens is 443 g/mol. The summed E-state index contributed by atoms with van der Waals surface area (Å²) in [7, 11) is 0. The van der Waals surface area contributed by atoms with Gasteiger partial charge in [0.15, 0.2) is 11.9 Å². The number of amides is 1. The van der Waals surface area contributed by atoms with Crippen molar-refractivity contribution in [2.45, 2.75) is 13.1 Å². The molecule has 26 heavy (non-hydrogen) atoms. The molecular formula is C20H17IN2O3. The molecule has 1 aromatic heterocycles. The summed E-state index contributed by atoms with van der Waals surface area (Å²) in [6.07, 6.45) is 0.494. The number of aryl methyl sites for hydroxylation is 1. The second-order valence-electron chi connectivity index (χ2n) is 5.77. The third-order valence-electron chi connectivity index (χ3n) is 3.77. The first kappa shape index (κ1) is 18.2. The van der Waals surface area contributed by atoms with Crippen molar-refractivity contribution >= 4 is 40.0 Å². The Morgan fingerprint density at radius 1 is 1.00 bits per heavy atom. The summed E-state index contributed by atoms with van der Waals surface area (Å²) in [5, 5.41) is 5.79. The maximum Gasteiger partial charge on any atom is 0.288 e. The molecule has 1 unspecified atom stereocenters. The van der Waals surface area contributed by atoms with Crippen LogP contribution in [0.25, 0.3) is 0 Å². The fourth-order valence-electron chi connectivity index (χ4n) is 2.37. The Kier molecular flexibility index (Phi) is 5.72. The van der Waals surface area contributed by atoms with Gasteiger partial charge in [0.2, 0.25) is 5.78 Å². The van der Waals surface area contributed by atoms with E-state index in [2.05, 4.69) is 33.2 Å². The highest BCUT2D eigenvalue weighted by Gasteiger charge is 2.23. The monoisotopic (exact) mass is 460 g/mol. The van der Waals surface area contributed by atoms with Crippen LogP contribution in [0.4, 0.5) is 5.69 Å². The van der Waals surface area contributed by atoms with E-state index in [9.17, 15) is 9.59 Å². The molecule has 1 heterocycles. The standard InChI is InChI=1S/C20H17IN2O3/c1-13-4-6-14(7-5-13)18(24)19(22-16-10-8-15(21)9-11-16)23-20(25)17-3-2-12-26-17/h2-12,19,22H,1H3,(H,23,25). The predicted molar refractivity (Wildman–Crippen MR) is 108 cm³/mol. The average molecular weight is 460 g/mol. The van der Waals surface area contributed by atoms with Gasteiger partial charge in [-0.1, -0.05) is 29.8 Å². The molecule has 0 aliphatic heterocycles. The molecule has 0 aliphatic carbocycles. The van der Waals surface area contributed by atoms with Crippen LogP contribution >= 0.6 is 22.6 Å². The summed E-state index contributed by atoms with van der Waals surface area (Å²) in [5.74, 6) is -0.543. The number of hydrogen-bond donors (Lipinski definition) is 2. The molecule has 3 rings (SSSR count). The molecule has 2 aromatic carbocycles. The number of ketones is 1. The van der Waals surface area contributed by atoms with Crippen molar-refractivity contribution in [3.8, 4) is 0 Å². The first-order valence-electron chi connectivity index (χ1n) is 8.00. The molecule has 0 bridgehead atoms. The van der Waals surface area contributed by atoms with Crippen molar-refractivity contribution in [2.75, 3.05) is 5.32 Å². The quantitative estimate of drug-likeness (QED) is 0.328. The van der Waals surface area contributed by atoms with E-state index in [1.165, 1.54) is 6.26 Å². The zero-order valence-corrected chi connectivity index (χ0v) is 16.2. The van der Waals surface area contributed by atoms with E-state index in [1.807, 2.05) is 43.3 Å². The lowest BCUT2D eigenvalue weighted by molar-refractivity contribution is 0.0853. The number of halogens is 1. The van der Waals surface area contributed by atoms with E-state index >= 15 is 0 Å². The van der Waals surface area contributed by atoms with Crippen LogP contribution < -0.4 is 10.6 Å². The molecule has 0 radical (unpaired) electrons. The van der Waals surface area contributed by atoms with Gasteiger partial charge in [0.1, 0.15) is 0 Å². The molecule has 0 saturated heterocycles. The van der Waals surface area contributed by atoms with Gasteiger partial charge in [0.05, 0.1) is 6.26 Å². The van der Waals surface area contributed by atoms with E-state index in [0.29, 0.717) is 5.56 Å². The Labute approximate surface area is 164 Å². The normalized spacial score (nSPS) is 11.6. The van der Waals surface area contributed by atoms with Gasteiger partial charge in [-0.15, -0.1) is 0 Å². The van der Waals surface area contributed by atoms with Gasteiger partial charge >= 0.3 is 0 Å². The van der Waals surface area contributed by atoms with E-state index in [4.69, 9.17) is 4.42 Å². The molecule has 1 atom stereocenters. The van der Waals surface area contributed by atoms with Crippen LogP contribution in [-0.2, 0) is 0 Å². The van der Waals surface area contributed by atoms with Crippen molar-refractivity contribution < 1.29 is 14.0 Å². The number of furan rings is 1. The van der Waals surface area contributed by atoms with E-state index < -0.39 is 12.1 Å². The van der Waals surface area contributed by atoms with Gasteiger partial charge in [-0.3, -0.25) is 9.59 Å². The van der Waals surface area contributed by atoms with Gasteiger partial charge in [0, 0.05) is 14.8 Å². The van der Waals surface area contributed by atoms with E-state index in [-0.39, 0.29) is 11.5 Å². The number of benzene rings is 2.